The molecule has 3 N–H and O–H groups in total. The van der Waals surface area contributed by atoms with Crippen molar-refractivity contribution < 1.29 is 22.7 Å². The third-order valence-corrected chi connectivity index (χ3v) is 2.17. The van der Waals surface area contributed by atoms with Gasteiger partial charge in [0.15, 0.2) is 6.61 Å². The Morgan fingerprint density at radius 1 is 1.30 bits per heavy atom. The summed E-state index contributed by atoms with van der Waals surface area (Å²) in [6.07, 6.45) is -4.39. The first kappa shape index (κ1) is 16.3. The Balaban J connectivity index is 2.73. The summed E-state index contributed by atoms with van der Waals surface area (Å²) in [6, 6.07) is 5.93. The second-order valence-corrected chi connectivity index (χ2v) is 5.11. The first-order valence-electron chi connectivity index (χ1n) is 5.94. The molecule has 0 saturated carbocycles. The SMILES string of the molecule is CC(C)(N)CC(=O)Nc1ccccc1OCC(F)(F)F. The van der Waals surface area contributed by atoms with Gasteiger partial charge in [-0.2, -0.15) is 13.2 Å². The van der Waals surface area contributed by atoms with Crippen LogP contribution in [0.4, 0.5) is 18.9 Å². The number of hydrogen-bond acceptors (Lipinski definition) is 3. The van der Waals surface area contributed by atoms with Gasteiger partial charge in [0.05, 0.1) is 5.69 Å². The molecule has 1 rings (SSSR count). The molecule has 1 aromatic rings. The van der Waals surface area contributed by atoms with Crippen molar-refractivity contribution in [2.24, 2.45) is 5.73 Å². The van der Waals surface area contributed by atoms with E-state index in [1.807, 2.05) is 0 Å². The van der Waals surface area contributed by atoms with Crippen molar-refractivity contribution in [2.45, 2.75) is 32.0 Å². The minimum Gasteiger partial charge on any atom is -0.482 e. The normalized spacial score (nSPS) is 12.1. The Hall–Kier alpha value is -1.76. The number of carbonyl (C=O) groups is 1. The van der Waals surface area contributed by atoms with E-state index in [9.17, 15) is 18.0 Å². The Labute approximate surface area is 115 Å². The van der Waals surface area contributed by atoms with Crippen LogP contribution in [0.3, 0.4) is 0 Å². The predicted molar refractivity (Wildman–Crippen MR) is 69.5 cm³/mol. The second-order valence-electron chi connectivity index (χ2n) is 5.11. The van der Waals surface area contributed by atoms with Crippen molar-refractivity contribution in [3.05, 3.63) is 24.3 Å². The summed E-state index contributed by atoms with van der Waals surface area (Å²) in [5.41, 5.74) is 5.19. The predicted octanol–water partition coefficient (Wildman–Crippen LogP) is 2.69. The molecule has 0 saturated heterocycles. The van der Waals surface area contributed by atoms with Crippen molar-refractivity contribution in [2.75, 3.05) is 11.9 Å². The zero-order valence-corrected chi connectivity index (χ0v) is 11.3. The molecule has 0 aromatic heterocycles. The third kappa shape index (κ3) is 6.42. The van der Waals surface area contributed by atoms with Gasteiger partial charge in [-0.15, -0.1) is 0 Å². The minimum absolute atomic E-state index is 0.0343. The molecule has 0 aliphatic heterocycles. The monoisotopic (exact) mass is 290 g/mol. The summed E-state index contributed by atoms with van der Waals surface area (Å²) in [5.74, 6) is -0.423. The molecular formula is C13H17F3N2O2. The van der Waals surface area contributed by atoms with Gasteiger partial charge in [0.1, 0.15) is 5.75 Å². The van der Waals surface area contributed by atoms with E-state index in [1.54, 1.807) is 19.9 Å². The van der Waals surface area contributed by atoms with Crippen LogP contribution in [0, 0.1) is 0 Å². The van der Waals surface area contributed by atoms with Crippen LogP contribution in [0.1, 0.15) is 20.3 Å². The minimum atomic E-state index is -4.43. The van der Waals surface area contributed by atoms with Gasteiger partial charge in [0.25, 0.3) is 0 Å². The fraction of sp³-hybridized carbons (Fsp3) is 0.462. The lowest BCUT2D eigenvalue weighted by Gasteiger charge is -2.18. The summed E-state index contributed by atoms with van der Waals surface area (Å²) < 4.78 is 41.0. The lowest BCUT2D eigenvalue weighted by molar-refractivity contribution is -0.153. The molecule has 0 atom stereocenters. The number of nitrogens with two attached hydrogens (primary N) is 1. The average Bonchev–Trinajstić information content (AvgIpc) is 2.24. The van der Waals surface area contributed by atoms with Crippen molar-refractivity contribution in [3.8, 4) is 5.75 Å². The van der Waals surface area contributed by atoms with Gasteiger partial charge in [-0.25, -0.2) is 0 Å². The van der Waals surface area contributed by atoms with Crippen LogP contribution in [0.2, 0.25) is 0 Å². The quantitative estimate of drug-likeness (QED) is 0.876. The smallest absolute Gasteiger partial charge is 0.422 e. The molecule has 1 aromatic carbocycles. The molecule has 0 heterocycles. The van der Waals surface area contributed by atoms with Crippen LogP contribution >= 0.6 is 0 Å². The summed E-state index contributed by atoms with van der Waals surface area (Å²) in [7, 11) is 0. The second kappa shape index (κ2) is 6.13. The number of halogens is 3. The largest absolute Gasteiger partial charge is 0.482 e. The number of para-hydroxylation sites is 2. The number of ether oxygens (including phenoxy) is 1. The average molecular weight is 290 g/mol. The van der Waals surface area contributed by atoms with Gasteiger partial charge in [-0.3, -0.25) is 4.79 Å². The van der Waals surface area contributed by atoms with Crippen LogP contribution < -0.4 is 15.8 Å². The van der Waals surface area contributed by atoms with Crippen molar-refractivity contribution in [3.63, 3.8) is 0 Å². The highest BCUT2D eigenvalue weighted by atomic mass is 19.4. The molecular weight excluding hydrogens is 273 g/mol. The molecule has 0 aliphatic carbocycles. The zero-order valence-electron chi connectivity index (χ0n) is 11.3. The molecule has 112 valence electrons. The van der Waals surface area contributed by atoms with Gasteiger partial charge in [-0.1, -0.05) is 12.1 Å². The van der Waals surface area contributed by atoms with E-state index < -0.39 is 18.3 Å². The summed E-state index contributed by atoms with van der Waals surface area (Å²) in [5, 5.41) is 2.49. The van der Waals surface area contributed by atoms with E-state index in [4.69, 9.17) is 5.73 Å². The number of benzene rings is 1. The highest BCUT2D eigenvalue weighted by Crippen LogP contribution is 2.26. The number of carbonyl (C=O) groups excluding carboxylic acids is 1. The van der Waals surface area contributed by atoms with Gasteiger partial charge in [0, 0.05) is 12.0 Å². The fourth-order valence-corrected chi connectivity index (χ4v) is 1.46. The van der Waals surface area contributed by atoms with Gasteiger partial charge < -0.3 is 15.8 Å². The number of anilines is 1. The number of amides is 1. The van der Waals surface area contributed by atoms with Gasteiger partial charge in [0.2, 0.25) is 5.91 Å². The lowest BCUT2D eigenvalue weighted by atomic mass is 10.0. The Morgan fingerprint density at radius 2 is 1.90 bits per heavy atom. The highest BCUT2D eigenvalue weighted by molar-refractivity contribution is 5.92. The maximum Gasteiger partial charge on any atom is 0.422 e. The number of hydrogen-bond donors (Lipinski definition) is 2. The molecule has 4 nitrogen and oxygen atoms in total. The van der Waals surface area contributed by atoms with E-state index in [-0.39, 0.29) is 23.8 Å². The number of alkyl halides is 3. The first-order chi connectivity index (χ1) is 9.07. The van der Waals surface area contributed by atoms with E-state index >= 15 is 0 Å². The molecule has 20 heavy (non-hydrogen) atoms. The van der Waals surface area contributed by atoms with E-state index in [2.05, 4.69) is 10.1 Å². The summed E-state index contributed by atoms with van der Waals surface area (Å²) >= 11 is 0. The van der Waals surface area contributed by atoms with E-state index in [1.165, 1.54) is 18.2 Å². The van der Waals surface area contributed by atoms with E-state index in [0.717, 1.165) is 0 Å². The highest BCUT2D eigenvalue weighted by Gasteiger charge is 2.29. The van der Waals surface area contributed by atoms with Crippen LogP contribution in [0.5, 0.6) is 5.75 Å². The van der Waals surface area contributed by atoms with Crippen LogP contribution in [0.15, 0.2) is 24.3 Å². The Bertz CT molecular complexity index is 467. The molecule has 0 radical (unpaired) electrons. The molecule has 0 spiro atoms. The topological polar surface area (TPSA) is 64.4 Å². The summed E-state index contributed by atoms with van der Waals surface area (Å²) in [6.45, 7) is 1.94. The van der Waals surface area contributed by atoms with Gasteiger partial charge >= 0.3 is 6.18 Å². The van der Waals surface area contributed by atoms with E-state index in [0.29, 0.717) is 0 Å². The summed E-state index contributed by atoms with van der Waals surface area (Å²) in [4.78, 5) is 11.7. The molecule has 0 bridgehead atoms. The number of rotatable bonds is 5. The molecule has 1 amide bonds. The standard InChI is InChI=1S/C13H17F3N2O2/c1-12(2,17)7-11(19)18-9-5-3-4-6-10(9)20-8-13(14,15)16/h3-6H,7-8,17H2,1-2H3,(H,18,19). The number of nitrogens with one attached hydrogen (secondary N) is 1. The lowest BCUT2D eigenvalue weighted by Crippen LogP contribution is -2.36. The van der Waals surface area contributed by atoms with Crippen molar-refractivity contribution in [1.29, 1.82) is 0 Å². The fourth-order valence-electron chi connectivity index (χ4n) is 1.46. The van der Waals surface area contributed by atoms with Gasteiger partial charge in [-0.05, 0) is 26.0 Å². The molecule has 7 heteroatoms. The Morgan fingerprint density at radius 3 is 2.45 bits per heavy atom. The van der Waals surface area contributed by atoms with Crippen LogP contribution in [0.25, 0.3) is 0 Å². The molecule has 0 unspecified atom stereocenters. The van der Waals surface area contributed by atoms with Crippen molar-refractivity contribution >= 4 is 11.6 Å². The molecule has 0 fully saturated rings. The maximum absolute atomic E-state index is 12.1. The maximum atomic E-state index is 12.1. The third-order valence-electron chi connectivity index (χ3n) is 2.17. The first-order valence-corrected chi connectivity index (χ1v) is 5.94. The Kier molecular flexibility index (Phi) is 4.99. The van der Waals surface area contributed by atoms with Crippen LogP contribution in [-0.2, 0) is 4.79 Å². The molecule has 0 aliphatic rings. The van der Waals surface area contributed by atoms with Crippen molar-refractivity contribution in [1.82, 2.24) is 0 Å². The van der Waals surface area contributed by atoms with Crippen LogP contribution in [-0.4, -0.2) is 24.2 Å². The zero-order chi connectivity index (χ0) is 15.4.